The summed E-state index contributed by atoms with van der Waals surface area (Å²) in [6.45, 7) is 29.7. The third-order valence-electron chi connectivity index (χ3n) is 4.12. The number of Topliss-reactive ketones (excluding diaryl/α,β-unsaturated/α-hetero) is 1. The molecule has 0 saturated heterocycles. The van der Waals surface area contributed by atoms with Crippen molar-refractivity contribution < 1.29 is 9.90 Å². The van der Waals surface area contributed by atoms with Gasteiger partial charge in [-0.1, -0.05) is 43.7 Å². The highest BCUT2D eigenvalue weighted by molar-refractivity contribution is 5.76. The van der Waals surface area contributed by atoms with Crippen LogP contribution in [-0.4, -0.2) is 16.5 Å². The molecule has 0 radical (unpaired) electrons. The zero-order valence-electron chi connectivity index (χ0n) is 20.1. The molecule has 0 aliphatic heterocycles. The Kier molecular flexibility index (Phi) is 19.9. The highest BCUT2D eigenvalue weighted by atomic mass is 16.3. The Morgan fingerprint density at radius 1 is 0.889 bits per heavy atom. The summed E-state index contributed by atoms with van der Waals surface area (Å²) in [5, 5.41) is 9.40. The molecule has 27 heavy (non-hydrogen) atoms. The summed E-state index contributed by atoms with van der Waals surface area (Å²) in [6, 6.07) is 0. The molecule has 1 N–H and O–H groups in total. The van der Waals surface area contributed by atoms with Crippen LogP contribution in [0, 0.1) is 17.8 Å². The fraction of sp³-hybridized carbons (Fsp3) is 0.600. The molecule has 0 rings (SSSR count). The van der Waals surface area contributed by atoms with Crippen LogP contribution in [0.25, 0.3) is 0 Å². The molecule has 0 unspecified atom stereocenters. The van der Waals surface area contributed by atoms with Gasteiger partial charge in [0.2, 0.25) is 0 Å². The number of ketones is 1. The fourth-order valence-electron chi connectivity index (χ4n) is 2.04. The van der Waals surface area contributed by atoms with Crippen LogP contribution in [0.5, 0.6) is 0 Å². The second-order valence-electron chi connectivity index (χ2n) is 8.11. The Bertz CT molecular complexity index is 556. The predicted molar refractivity (Wildman–Crippen MR) is 123 cm³/mol. The molecule has 0 heterocycles. The Balaban J connectivity index is -0.000000155. The molecular weight excluding hydrogens is 332 g/mol. The van der Waals surface area contributed by atoms with Crippen molar-refractivity contribution in [3.63, 3.8) is 0 Å². The SMILES string of the molecule is C#CC.C=C=C.CC(=O)CC(C)(C)C(C)=C(C)C.CC(C)=C(C)C(C)(C)O. The molecule has 0 fully saturated rings. The lowest BCUT2D eigenvalue weighted by atomic mass is 9.79. The molecule has 0 aromatic carbocycles. The lowest BCUT2D eigenvalue weighted by Gasteiger charge is -2.25. The Morgan fingerprint density at radius 3 is 1.26 bits per heavy atom. The van der Waals surface area contributed by atoms with Gasteiger partial charge in [0, 0.05) is 6.42 Å². The summed E-state index contributed by atoms with van der Waals surface area (Å²) in [5.41, 5.74) is 6.55. The molecule has 2 heteroatoms. The van der Waals surface area contributed by atoms with Gasteiger partial charge in [-0.15, -0.1) is 18.1 Å². The van der Waals surface area contributed by atoms with E-state index in [4.69, 9.17) is 0 Å². The standard InChI is InChI=1S/C11H20O.C8H16O.2C3H4/c1-8(2)10(4)11(5,6)7-9(3)12;1-6(2)7(3)8(4,5)9;2*1-3-2/h7H2,1-6H3;9H,1-5H3;1-2H2;1H,2H3. The van der Waals surface area contributed by atoms with Gasteiger partial charge < -0.3 is 5.11 Å². The molecule has 2 nitrogen and oxygen atoms in total. The fourth-order valence-corrected chi connectivity index (χ4v) is 2.04. The topological polar surface area (TPSA) is 37.3 Å². The van der Waals surface area contributed by atoms with Crippen molar-refractivity contribution in [3.05, 3.63) is 41.2 Å². The summed E-state index contributed by atoms with van der Waals surface area (Å²) in [6.07, 6.45) is 5.24. The van der Waals surface area contributed by atoms with E-state index in [0.717, 1.165) is 5.57 Å². The van der Waals surface area contributed by atoms with E-state index in [2.05, 4.69) is 65.9 Å². The number of rotatable bonds is 4. The number of terminal acetylenes is 1. The van der Waals surface area contributed by atoms with Crippen molar-refractivity contribution in [2.75, 3.05) is 0 Å². The quantitative estimate of drug-likeness (QED) is 0.324. The van der Waals surface area contributed by atoms with E-state index in [0.29, 0.717) is 6.42 Å². The molecule has 0 aromatic heterocycles. The molecule has 0 aromatic rings. The zero-order valence-corrected chi connectivity index (χ0v) is 20.1. The molecule has 0 aliphatic rings. The van der Waals surface area contributed by atoms with Gasteiger partial charge in [-0.3, -0.25) is 4.79 Å². The molecule has 156 valence electrons. The van der Waals surface area contributed by atoms with Crippen molar-refractivity contribution in [2.24, 2.45) is 5.41 Å². The Hall–Kier alpha value is -1.81. The normalized spacial score (nSPS) is 9.33. The van der Waals surface area contributed by atoms with Gasteiger partial charge in [-0.25, -0.2) is 0 Å². The van der Waals surface area contributed by atoms with Crippen LogP contribution < -0.4 is 0 Å². The molecule has 0 spiro atoms. The predicted octanol–water partition coefficient (Wildman–Crippen LogP) is 7.06. The van der Waals surface area contributed by atoms with Crippen molar-refractivity contribution >= 4 is 5.78 Å². The first-order valence-electron chi connectivity index (χ1n) is 9.13. The third kappa shape index (κ3) is 22.1. The highest BCUT2D eigenvalue weighted by Gasteiger charge is 2.22. The van der Waals surface area contributed by atoms with Crippen molar-refractivity contribution in [1.29, 1.82) is 0 Å². The van der Waals surface area contributed by atoms with E-state index in [9.17, 15) is 9.90 Å². The number of allylic oxidation sites excluding steroid dienone is 3. The minimum absolute atomic E-state index is 0.0324. The molecular formula is C25H44O2. The lowest BCUT2D eigenvalue weighted by Crippen LogP contribution is -2.20. The van der Waals surface area contributed by atoms with E-state index in [1.54, 1.807) is 27.7 Å². The summed E-state index contributed by atoms with van der Waals surface area (Å²) >= 11 is 0. The van der Waals surface area contributed by atoms with Gasteiger partial charge in [0.25, 0.3) is 0 Å². The van der Waals surface area contributed by atoms with Crippen LogP contribution in [0.4, 0.5) is 0 Å². The monoisotopic (exact) mass is 376 g/mol. The number of hydrogen-bond acceptors (Lipinski definition) is 2. The average molecular weight is 377 g/mol. The Labute approximate surface area is 170 Å². The zero-order chi connectivity index (χ0) is 23.0. The van der Waals surface area contributed by atoms with Crippen LogP contribution >= 0.6 is 0 Å². The van der Waals surface area contributed by atoms with E-state index in [-0.39, 0.29) is 11.2 Å². The van der Waals surface area contributed by atoms with Crippen molar-refractivity contribution in [2.45, 2.75) is 95.1 Å². The van der Waals surface area contributed by atoms with Crippen LogP contribution in [-0.2, 0) is 4.79 Å². The molecule has 0 aliphatic carbocycles. The number of carbonyl (C=O) groups excluding carboxylic acids is 1. The van der Waals surface area contributed by atoms with Gasteiger partial charge in [0.05, 0.1) is 5.60 Å². The van der Waals surface area contributed by atoms with Gasteiger partial charge in [0.15, 0.2) is 0 Å². The maximum absolute atomic E-state index is 11.0. The highest BCUT2D eigenvalue weighted by Crippen LogP contribution is 2.32. The van der Waals surface area contributed by atoms with Crippen molar-refractivity contribution in [1.82, 2.24) is 0 Å². The van der Waals surface area contributed by atoms with Gasteiger partial charge >= 0.3 is 0 Å². The first-order chi connectivity index (χ1) is 12.0. The minimum Gasteiger partial charge on any atom is -0.386 e. The van der Waals surface area contributed by atoms with E-state index in [1.165, 1.54) is 16.7 Å². The number of aliphatic hydroxyl groups is 1. The maximum atomic E-state index is 11.0. The molecule has 0 amide bonds. The smallest absolute Gasteiger partial charge is 0.130 e. The number of hydrogen-bond donors (Lipinski definition) is 1. The molecule has 0 bridgehead atoms. The van der Waals surface area contributed by atoms with Crippen molar-refractivity contribution in [3.8, 4) is 12.3 Å². The minimum atomic E-state index is -0.640. The largest absolute Gasteiger partial charge is 0.386 e. The summed E-state index contributed by atoms with van der Waals surface area (Å²) in [4.78, 5) is 11.0. The first-order valence-corrected chi connectivity index (χ1v) is 9.13. The van der Waals surface area contributed by atoms with Crippen LogP contribution in [0.3, 0.4) is 0 Å². The van der Waals surface area contributed by atoms with Crippen LogP contribution in [0.1, 0.15) is 89.5 Å². The summed E-state index contributed by atoms with van der Waals surface area (Å²) in [7, 11) is 0. The summed E-state index contributed by atoms with van der Waals surface area (Å²) < 4.78 is 0. The maximum Gasteiger partial charge on any atom is 0.130 e. The lowest BCUT2D eigenvalue weighted by molar-refractivity contribution is -0.118. The van der Waals surface area contributed by atoms with Crippen LogP contribution in [0.15, 0.2) is 41.2 Å². The Morgan fingerprint density at radius 2 is 1.15 bits per heavy atom. The number of carbonyl (C=O) groups is 1. The van der Waals surface area contributed by atoms with Gasteiger partial charge in [-0.05, 0) is 80.2 Å². The van der Waals surface area contributed by atoms with Gasteiger partial charge in [0.1, 0.15) is 5.78 Å². The van der Waals surface area contributed by atoms with E-state index in [1.807, 2.05) is 20.8 Å². The first kappa shape index (κ1) is 32.8. The summed E-state index contributed by atoms with van der Waals surface area (Å²) in [5.74, 6) is 2.51. The second kappa shape index (κ2) is 16.4. The van der Waals surface area contributed by atoms with Crippen LogP contribution in [0.2, 0.25) is 0 Å². The van der Waals surface area contributed by atoms with E-state index < -0.39 is 5.60 Å². The average Bonchev–Trinajstić information content (AvgIpc) is 2.45. The van der Waals surface area contributed by atoms with Gasteiger partial charge in [-0.2, -0.15) is 0 Å². The molecule has 0 saturated carbocycles. The third-order valence-corrected chi connectivity index (χ3v) is 4.12. The second-order valence-corrected chi connectivity index (χ2v) is 8.11. The molecule has 0 atom stereocenters. The van der Waals surface area contributed by atoms with E-state index >= 15 is 0 Å².